The summed E-state index contributed by atoms with van der Waals surface area (Å²) in [5.41, 5.74) is 0. The molecule has 0 aliphatic carbocycles. The molecule has 13 heavy (non-hydrogen) atoms. The third-order valence-electron chi connectivity index (χ3n) is 2.05. The van der Waals surface area contributed by atoms with Crippen LogP contribution >= 0.6 is 0 Å². The van der Waals surface area contributed by atoms with Crippen molar-refractivity contribution in [1.29, 1.82) is 0 Å². The third kappa shape index (κ3) is 6.05. The largest absolute Gasteiger partial charge is 0.381 e. The zero-order valence-corrected chi connectivity index (χ0v) is 9.84. The fourth-order valence-electron chi connectivity index (χ4n) is 1.71. The SMILES string of the molecule is CC.CC1COCC(C)CN(C)C1. The van der Waals surface area contributed by atoms with E-state index in [2.05, 4.69) is 25.8 Å². The molecule has 1 aliphatic rings. The van der Waals surface area contributed by atoms with Gasteiger partial charge in [0.15, 0.2) is 0 Å². The van der Waals surface area contributed by atoms with Crippen LogP contribution in [0.1, 0.15) is 27.7 Å². The summed E-state index contributed by atoms with van der Waals surface area (Å²) in [5, 5.41) is 0. The molecule has 0 bridgehead atoms. The Balaban J connectivity index is 0.000000671. The Labute approximate surface area is 83.3 Å². The van der Waals surface area contributed by atoms with Crippen LogP contribution in [0.4, 0.5) is 0 Å². The maximum atomic E-state index is 5.52. The molecule has 0 spiro atoms. The summed E-state index contributed by atoms with van der Waals surface area (Å²) in [5.74, 6) is 1.37. The average molecular weight is 187 g/mol. The molecule has 1 fully saturated rings. The molecule has 0 radical (unpaired) electrons. The van der Waals surface area contributed by atoms with Crippen LogP contribution in [0.15, 0.2) is 0 Å². The van der Waals surface area contributed by atoms with Crippen LogP contribution < -0.4 is 0 Å². The van der Waals surface area contributed by atoms with E-state index < -0.39 is 0 Å². The number of ether oxygens (including phenoxy) is 1. The normalized spacial score (nSPS) is 31.2. The van der Waals surface area contributed by atoms with E-state index in [4.69, 9.17) is 4.74 Å². The zero-order valence-electron chi connectivity index (χ0n) is 9.84. The maximum absolute atomic E-state index is 5.52. The zero-order chi connectivity index (χ0) is 10.3. The summed E-state index contributed by atoms with van der Waals surface area (Å²) in [6.07, 6.45) is 0. The molecule has 0 aromatic heterocycles. The van der Waals surface area contributed by atoms with Gasteiger partial charge in [-0.3, -0.25) is 0 Å². The number of hydrogen-bond acceptors (Lipinski definition) is 2. The molecule has 0 amide bonds. The second-order valence-electron chi connectivity index (χ2n) is 3.97. The molecule has 2 heteroatoms. The van der Waals surface area contributed by atoms with Gasteiger partial charge in [-0.15, -0.1) is 0 Å². The predicted octanol–water partition coefficient (Wildman–Crippen LogP) is 2.25. The Morgan fingerprint density at radius 1 is 1.00 bits per heavy atom. The number of rotatable bonds is 0. The molecule has 0 aromatic carbocycles. The van der Waals surface area contributed by atoms with Gasteiger partial charge in [-0.1, -0.05) is 27.7 Å². The lowest BCUT2D eigenvalue weighted by Crippen LogP contribution is -2.35. The topological polar surface area (TPSA) is 12.5 Å². The fraction of sp³-hybridized carbons (Fsp3) is 1.00. The summed E-state index contributed by atoms with van der Waals surface area (Å²) in [6, 6.07) is 0. The van der Waals surface area contributed by atoms with Gasteiger partial charge in [0.2, 0.25) is 0 Å². The number of nitrogens with zero attached hydrogens (tertiary/aromatic N) is 1. The van der Waals surface area contributed by atoms with Crippen LogP contribution in [-0.2, 0) is 4.74 Å². The van der Waals surface area contributed by atoms with Gasteiger partial charge in [-0.2, -0.15) is 0 Å². The van der Waals surface area contributed by atoms with Crippen LogP contribution in [0.3, 0.4) is 0 Å². The van der Waals surface area contributed by atoms with Crippen molar-refractivity contribution < 1.29 is 4.74 Å². The van der Waals surface area contributed by atoms with Crippen LogP contribution in [0.25, 0.3) is 0 Å². The van der Waals surface area contributed by atoms with Crippen molar-refractivity contribution in [3.05, 3.63) is 0 Å². The lowest BCUT2D eigenvalue weighted by Gasteiger charge is -2.27. The van der Waals surface area contributed by atoms with Crippen molar-refractivity contribution in [3.8, 4) is 0 Å². The Morgan fingerprint density at radius 3 is 1.77 bits per heavy atom. The molecular weight excluding hydrogens is 162 g/mol. The summed E-state index contributed by atoms with van der Waals surface area (Å²) >= 11 is 0. The van der Waals surface area contributed by atoms with E-state index in [9.17, 15) is 0 Å². The Kier molecular flexibility index (Phi) is 7.29. The first-order valence-electron chi connectivity index (χ1n) is 5.44. The molecule has 1 rings (SSSR count). The van der Waals surface area contributed by atoms with Gasteiger partial charge < -0.3 is 9.64 Å². The lowest BCUT2D eigenvalue weighted by atomic mass is 10.1. The first-order valence-corrected chi connectivity index (χ1v) is 5.44. The molecule has 80 valence electrons. The van der Waals surface area contributed by atoms with Crippen molar-refractivity contribution in [2.75, 3.05) is 33.4 Å². The van der Waals surface area contributed by atoms with Gasteiger partial charge in [0, 0.05) is 13.1 Å². The van der Waals surface area contributed by atoms with Crippen molar-refractivity contribution in [3.63, 3.8) is 0 Å². The summed E-state index contributed by atoms with van der Waals surface area (Å²) in [6.45, 7) is 12.7. The van der Waals surface area contributed by atoms with E-state index in [1.165, 1.54) is 13.1 Å². The molecule has 2 nitrogen and oxygen atoms in total. The van der Waals surface area contributed by atoms with E-state index in [0.29, 0.717) is 11.8 Å². The quantitative estimate of drug-likeness (QED) is 0.577. The standard InChI is InChI=1S/C9H19NO.C2H6/c1-8-4-10(3)5-9(2)7-11-6-8;1-2/h8-9H,4-7H2,1-3H3;1-2H3. The summed E-state index contributed by atoms with van der Waals surface area (Å²) < 4.78 is 5.52. The van der Waals surface area contributed by atoms with Crippen molar-refractivity contribution in [2.45, 2.75) is 27.7 Å². The molecule has 2 unspecified atom stereocenters. The van der Waals surface area contributed by atoms with Crippen molar-refractivity contribution in [1.82, 2.24) is 4.90 Å². The molecule has 0 N–H and O–H groups in total. The molecule has 1 heterocycles. The molecule has 2 atom stereocenters. The minimum Gasteiger partial charge on any atom is -0.381 e. The Morgan fingerprint density at radius 2 is 1.38 bits per heavy atom. The van der Waals surface area contributed by atoms with Crippen molar-refractivity contribution >= 4 is 0 Å². The Hall–Kier alpha value is -0.0800. The molecule has 0 aromatic rings. The highest BCUT2D eigenvalue weighted by Gasteiger charge is 2.14. The van der Waals surface area contributed by atoms with Crippen LogP contribution in [0.5, 0.6) is 0 Å². The van der Waals surface area contributed by atoms with E-state index in [1.807, 2.05) is 13.8 Å². The molecule has 1 aliphatic heterocycles. The van der Waals surface area contributed by atoms with Gasteiger partial charge in [-0.05, 0) is 18.9 Å². The van der Waals surface area contributed by atoms with E-state index in [0.717, 1.165) is 13.2 Å². The Bertz CT molecular complexity index is 105. The second kappa shape index (κ2) is 7.34. The summed E-state index contributed by atoms with van der Waals surface area (Å²) in [7, 11) is 2.19. The first kappa shape index (κ1) is 12.9. The fourth-order valence-corrected chi connectivity index (χ4v) is 1.71. The monoisotopic (exact) mass is 187 g/mol. The van der Waals surface area contributed by atoms with Gasteiger partial charge in [0.1, 0.15) is 0 Å². The van der Waals surface area contributed by atoms with Crippen molar-refractivity contribution in [2.24, 2.45) is 11.8 Å². The van der Waals surface area contributed by atoms with Gasteiger partial charge in [0.05, 0.1) is 13.2 Å². The maximum Gasteiger partial charge on any atom is 0.0503 e. The second-order valence-corrected chi connectivity index (χ2v) is 3.97. The van der Waals surface area contributed by atoms with Gasteiger partial charge >= 0.3 is 0 Å². The van der Waals surface area contributed by atoms with Crippen LogP contribution in [-0.4, -0.2) is 38.3 Å². The minimum absolute atomic E-state index is 0.687. The van der Waals surface area contributed by atoms with E-state index in [-0.39, 0.29) is 0 Å². The van der Waals surface area contributed by atoms with Gasteiger partial charge in [-0.25, -0.2) is 0 Å². The lowest BCUT2D eigenvalue weighted by molar-refractivity contribution is 0.0372. The van der Waals surface area contributed by atoms with Gasteiger partial charge in [0.25, 0.3) is 0 Å². The molecular formula is C11H25NO. The number of hydrogen-bond donors (Lipinski definition) is 0. The highest BCUT2D eigenvalue weighted by atomic mass is 16.5. The first-order chi connectivity index (χ1) is 6.18. The summed E-state index contributed by atoms with van der Waals surface area (Å²) in [4.78, 5) is 2.40. The van der Waals surface area contributed by atoms with Crippen LogP contribution in [0, 0.1) is 11.8 Å². The minimum atomic E-state index is 0.687. The highest BCUT2D eigenvalue weighted by molar-refractivity contribution is 4.65. The van der Waals surface area contributed by atoms with E-state index >= 15 is 0 Å². The smallest absolute Gasteiger partial charge is 0.0503 e. The van der Waals surface area contributed by atoms with Crippen LogP contribution in [0.2, 0.25) is 0 Å². The molecule has 1 saturated heterocycles. The predicted molar refractivity (Wildman–Crippen MR) is 58.0 cm³/mol. The molecule has 0 saturated carbocycles. The third-order valence-corrected chi connectivity index (χ3v) is 2.05. The average Bonchev–Trinajstić information content (AvgIpc) is 2.05. The highest BCUT2D eigenvalue weighted by Crippen LogP contribution is 2.08. The van der Waals surface area contributed by atoms with E-state index in [1.54, 1.807) is 0 Å².